The maximum atomic E-state index is 13.1. The molecule has 1 N–H and O–H groups in total. The van der Waals surface area contributed by atoms with Crippen molar-refractivity contribution >= 4 is 15.9 Å². The Bertz CT molecular complexity index is 346. The molecule has 0 spiro atoms. The Morgan fingerprint density at radius 1 is 1.58 bits per heavy atom. The number of nitriles is 1. The van der Waals surface area contributed by atoms with E-state index in [-0.39, 0.29) is 22.2 Å². The average molecular weight is 230 g/mol. The summed E-state index contributed by atoms with van der Waals surface area (Å²) in [7, 11) is 0. The molecule has 0 saturated carbocycles. The molecule has 0 atom stereocenters. The van der Waals surface area contributed by atoms with Crippen LogP contribution in [0.5, 0.6) is 5.75 Å². The van der Waals surface area contributed by atoms with Crippen LogP contribution in [0.3, 0.4) is 0 Å². The van der Waals surface area contributed by atoms with Crippen LogP contribution in [0.4, 0.5) is 4.39 Å². The van der Waals surface area contributed by atoms with Crippen LogP contribution in [0.2, 0.25) is 0 Å². The maximum Gasteiger partial charge on any atom is 0.145 e. The fraction of sp³-hybridized carbons (Fsp3) is 0.125. The first kappa shape index (κ1) is 9.01. The van der Waals surface area contributed by atoms with E-state index in [0.29, 0.717) is 0 Å². The maximum absolute atomic E-state index is 13.1. The average Bonchev–Trinajstić information content (AvgIpc) is 2.07. The van der Waals surface area contributed by atoms with Crippen molar-refractivity contribution in [3.8, 4) is 11.8 Å². The van der Waals surface area contributed by atoms with Gasteiger partial charge in [0.1, 0.15) is 11.6 Å². The van der Waals surface area contributed by atoms with E-state index in [2.05, 4.69) is 15.9 Å². The molecule has 0 radical (unpaired) electrons. The number of hydrogen-bond acceptors (Lipinski definition) is 2. The SMILES string of the molecule is N#CCc1ccc(O)c(Br)c1F. The zero-order valence-corrected chi connectivity index (χ0v) is 7.60. The van der Waals surface area contributed by atoms with Crippen LogP contribution in [-0.4, -0.2) is 5.11 Å². The summed E-state index contributed by atoms with van der Waals surface area (Å²) in [5, 5.41) is 17.3. The molecule has 2 nitrogen and oxygen atoms in total. The van der Waals surface area contributed by atoms with Crippen LogP contribution in [0.15, 0.2) is 16.6 Å². The largest absolute Gasteiger partial charge is 0.507 e. The van der Waals surface area contributed by atoms with E-state index in [1.807, 2.05) is 6.07 Å². The molecule has 0 aromatic heterocycles. The van der Waals surface area contributed by atoms with Gasteiger partial charge in [0.05, 0.1) is 17.0 Å². The molecule has 0 unspecified atom stereocenters. The lowest BCUT2D eigenvalue weighted by Crippen LogP contribution is -1.89. The van der Waals surface area contributed by atoms with E-state index in [4.69, 9.17) is 10.4 Å². The van der Waals surface area contributed by atoms with Gasteiger partial charge in [-0.2, -0.15) is 5.26 Å². The molecule has 62 valence electrons. The van der Waals surface area contributed by atoms with Crippen LogP contribution in [0.25, 0.3) is 0 Å². The van der Waals surface area contributed by atoms with E-state index in [1.54, 1.807) is 0 Å². The topological polar surface area (TPSA) is 44.0 Å². The Balaban J connectivity index is 3.19. The minimum Gasteiger partial charge on any atom is -0.507 e. The minimum absolute atomic E-state index is 0.00468. The first-order valence-corrected chi connectivity index (χ1v) is 3.99. The molecule has 12 heavy (non-hydrogen) atoms. The smallest absolute Gasteiger partial charge is 0.145 e. The van der Waals surface area contributed by atoms with Crippen LogP contribution < -0.4 is 0 Å². The van der Waals surface area contributed by atoms with E-state index in [1.165, 1.54) is 12.1 Å². The van der Waals surface area contributed by atoms with Gasteiger partial charge in [0.15, 0.2) is 0 Å². The van der Waals surface area contributed by atoms with Gasteiger partial charge in [0.25, 0.3) is 0 Å². The van der Waals surface area contributed by atoms with Gasteiger partial charge in [0, 0.05) is 5.56 Å². The summed E-state index contributed by atoms with van der Waals surface area (Å²) in [5.74, 6) is -0.731. The summed E-state index contributed by atoms with van der Waals surface area (Å²) in [6.45, 7) is 0. The van der Waals surface area contributed by atoms with Gasteiger partial charge in [-0.3, -0.25) is 0 Å². The highest BCUT2D eigenvalue weighted by Gasteiger charge is 2.09. The van der Waals surface area contributed by atoms with Crippen LogP contribution in [0, 0.1) is 17.1 Å². The summed E-state index contributed by atoms with van der Waals surface area (Å²) < 4.78 is 13.1. The lowest BCUT2D eigenvalue weighted by atomic mass is 10.1. The van der Waals surface area contributed by atoms with Gasteiger partial charge < -0.3 is 5.11 Å². The molecule has 1 aromatic carbocycles. The highest BCUT2D eigenvalue weighted by atomic mass is 79.9. The predicted molar refractivity (Wildman–Crippen MR) is 45.1 cm³/mol. The van der Waals surface area contributed by atoms with Crippen molar-refractivity contribution in [3.05, 3.63) is 28.0 Å². The molecule has 0 aliphatic rings. The fourth-order valence-electron chi connectivity index (χ4n) is 0.801. The quantitative estimate of drug-likeness (QED) is 0.804. The number of aromatic hydroxyl groups is 1. The molecule has 0 aliphatic carbocycles. The van der Waals surface area contributed by atoms with Crippen molar-refractivity contribution in [3.63, 3.8) is 0 Å². The van der Waals surface area contributed by atoms with Crippen molar-refractivity contribution in [1.82, 2.24) is 0 Å². The van der Waals surface area contributed by atoms with Gasteiger partial charge in [0.2, 0.25) is 0 Å². The number of nitrogens with zero attached hydrogens (tertiary/aromatic N) is 1. The van der Waals surface area contributed by atoms with Crippen molar-refractivity contribution in [2.24, 2.45) is 0 Å². The molecule has 0 aliphatic heterocycles. The summed E-state index contributed by atoms with van der Waals surface area (Å²) >= 11 is 2.87. The predicted octanol–water partition coefficient (Wildman–Crippen LogP) is 2.36. The van der Waals surface area contributed by atoms with Crippen molar-refractivity contribution < 1.29 is 9.50 Å². The third-order valence-corrected chi connectivity index (χ3v) is 2.17. The number of phenolic OH excluding ortho intramolecular Hbond substituents is 1. The lowest BCUT2D eigenvalue weighted by molar-refractivity contribution is 0.463. The summed E-state index contributed by atoms with van der Waals surface area (Å²) in [5.41, 5.74) is 0.280. The normalized spacial score (nSPS) is 9.42. The third-order valence-electron chi connectivity index (χ3n) is 1.41. The van der Waals surface area contributed by atoms with E-state index >= 15 is 0 Å². The van der Waals surface area contributed by atoms with Crippen molar-refractivity contribution in [2.75, 3.05) is 0 Å². The monoisotopic (exact) mass is 229 g/mol. The Hall–Kier alpha value is -1.08. The summed E-state index contributed by atoms with van der Waals surface area (Å²) in [4.78, 5) is 0. The van der Waals surface area contributed by atoms with Crippen LogP contribution in [-0.2, 0) is 6.42 Å². The molecular weight excluding hydrogens is 225 g/mol. The highest BCUT2D eigenvalue weighted by molar-refractivity contribution is 9.10. The zero-order valence-electron chi connectivity index (χ0n) is 6.01. The molecule has 1 aromatic rings. The van der Waals surface area contributed by atoms with E-state index < -0.39 is 5.82 Å². The molecule has 0 fully saturated rings. The van der Waals surface area contributed by atoms with Crippen molar-refractivity contribution in [1.29, 1.82) is 5.26 Å². The van der Waals surface area contributed by atoms with Crippen LogP contribution >= 0.6 is 15.9 Å². The highest BCUT2D eigenvalue weighted by Crippen LogP contribution is 2.28. The van der Waals surface area contributed by atoms with Gasteiger partial charge >= 0.3 is 0 Å². The lowest BCUT2D eigenvalue weighted by Gasteiger charge is -2.01. The molecule has 0 amide bonds. The zero-order chi connectivity index (χ0) is 9.14. The van der Waals surface area contributed by atoms with Gasteiger partial charge in [-0.25, -0.2) is 4.39 Å². The Morgan fingerprint density at radius 3 is 2.83 bits per heavy atom. The van der Waals surface area contributed by atoms with Gasteiger partial charge in [-0.15, -0.1) is 0 Å². The Labute approximate surface area is 77.4 Å². The summed E-state index contributed by atoms with van der Waals surface area (Å²) in [6.07, 6.45) is 0.00468. The van der Waals surface area contributed by atoms with E-state index in [9.17, 15) is 4.39 Å². The number of hydrogen-bond donors (Lipinski definition) is 1. The van der Waals surface area contributed by atoms with Gasteiger partial charge in [-0.1, -0.05) is 6.07 Å². The molecule has 4 heteroatoms. The second-order valence-corrected chi connectivity index (χ2v) is 3.00. The second-order valence-electron chi connectivity index (χ2n) is 2.21. The molecular formula is C8H5BrFNO. The minimum atomic E-state index is -0.573. The second kappa shape index (κ2) is 3.55. The first-order chi connectivity index (χ1) is 5.66. The molecule has 0 saturated heterocycles. The standard InChI is InChI=1S/C8H5BrFNO/c9-7-6(12)2-1-5(3-4-11)8(7)10/h1-2,12H,3H2. The molecule has 0 bridgehead atoms. The summed E-state index contributed by atoms with van der Waals surface area (Å²) in [6, 6.07) is 4.56. The van der Waals surface area contributed by atoms with Gasteiger partial charge in [-0.05, 0) is 22.0 Å². The Kier molecular flexibility index (Phi) is 2.66. The molecule has 1 rings (SSSR count). The van der Waals surface area contributed by atoms with Crippen LogP contribution in [0.1, 0.15) is 5.56 Å². The number of benzene rings is 1. The van der Waals surface area contributed by atoms with E-state index in [0.717, 1.165) is 0 Å². The first-order valence-electron chi connectivity index (χ1n) is 3.19. The number of rotatable bonds is 1. The number of halogens is 2. The number of phenols is 1. The fourth-order valence-corrected chi connectivity index (χ4v) is 1.19. The Morgan fingerprint density at radius 2 is 2.25 bits per heavy atom. The van der Waals surface area contributed by atoms with Crippen molar-refractivity contribution in [2.45, 2.75) is 6.42 Å². The molecule has 0 heterocycles. The third kappa shape index (κ3) is 1.56.